The van der Waals surface area contributed by atoms with Crippen molar-refractivity contribution in [3.63, 3.8) is 0 Å². The van der Waals surface area contributed by atoms with Crippen LogP contribution in [0.5, 0.6) is 5.75 Å². The maximum Gasteiger partial charge on any atom is 0.246 e. The molecule has 1 aromatic rings. The average Bonchev–Trinajstić information content (AvgIpc) is 3.83. The summed E-state index contributed by atoms with van der Waals surface area (Å²) >= 11 is 0. The summed E-state index contributed by atoms with van der Waals surface area (Å²) in [5.41, 5.74) is 16.7. The molecule has 19 N–H and O–H groups in total. The number of hydrogen-bond donors (Lipinski definition) is 16. The van der Waals surface area contributed by atoms with Gasteiger partial charge < -0.3 is 90.4 Å². The highest BCUT2D eigenvalue weighted by Gasteiger charge is 2.40. The Morgan fingerprint density at radius 3 is 1.81 bits per heavy atom. The number of primary amides is 2. The van der Waals surface area contributed by atoms with Crippen molar-refractivity contribution in [2.45, 2.75) is 133 Å². The summed E-state index contributed by atoms with van der Waals surface area (Å²) in [4.78, 5) is 155. The molecule has 0 bridgehead atoms. The second-order valence-electron chi connectivity index (χ2n) is 17.2. The number of hydrogen-bond acceptors (Lipinski definition) is 17. The number of benzene rings is 1. The molecule has 12 amide bonds. The second kappa shape index (κ2) is 30.4. The number of carbonyl (C=O) groups is 12. The van der Waals surface area contributed by atoms with E-state index in [9.17, 15) is 78.0 Å². The van der Waals surface area contributed by atoms with Crippen molar-refractivity contribution in [3.05, 3.63) is 29.8 Å². The number of phenols is 1. The zero-order valence-electron chi connectivity index (χ0n) is 40.9. The summed E-state index contributed by atoms with van der Waals surface area (Å²) < 4.78 is 0. The molecule has 29 heteroatoms. The van der Waals surface area contributed by atoms with Crippen LogP contribution in [0.1, 0.15) is 71.8 Å². The van der Waals surface area contributed by atoms with Gasteiger partial charge in [0.15, 0.2) is 0 Å². The molecule has 1 aliphatic rings. The van der Waals surface area contributed by atoms with Gasteiger partial charge in [-0.25, -0.2) is 0 Å². The minimum absolute atomic E-state index is 0.0303. The van der Waals surface area contributed by atoms with Crippen LogP contribution in [0.3, 0.4) is 0 Å². The van der Waals surface area contributed by atoms with Crippen LogP contribution in [-0.2, 0) is 64.0 Å². The number of nitrogens with two attached hydrogens (primary N) is 3. The number of aliphatic hydroxyl groups is 3. The van der Waals surface area contributed by atoms with E-state index < -0.39 is 158 Å². The van der Waals surface area contributed by atoms with Gasteiger partial charge in [-0.05, 0) is 77.1 Å². The molecule has 10 atom stereocenters. The van der Waals surface area contributed by atoms with Crippen LogP contribution in [-0.4, -0.2) is 190 Å². The summed E-state index contributed by atoms with van der Waals surface area (Å²) in [6.07, 6.45) is -1.22. The van der Waals surface area contributed by atoms with E-state index in [2.05, 4.69) is 47.9 Å². The topological polar surface area (TPSA) is 475 Å². The van der Waals surface area contributed by atoms with Crippen molar-refractivity contribution in [1.29, 1.82) is 0 Å². The molecule has 29 nitrogen and oxygen atoms in total. The van der Waals surface area contributed by atoms with Crippen LogP contribution >= 0.6 is 0 Å². The van der Waals surface area contributed by atoms with Gasteiger partial charge in [-0.15, -0.1) is 0 Å². The van der Waals surface area contributed by atoms with E-state index in [1.165, 1.54) is 38.1 Å². The molecule has 1 aliphatic heterocycles. The van der Waals surface area contributed by atoms with Gasteiger partial charge in [-0.3, -0.25) is 57.5 Å². The number of rotatable bonds is 30. The third kappa shape index (κ3) is 20.6. The summed E-state index contributed by atoms with van der Waals surface area (Å²) in [6.45, 7) is 2.20. The van der Waals surface area contributed by atoms with Crippen LogP contribution in [0, 0.1) is 0 Å². The highest BCUT2D eigenvalue weighted by molar-refractivity contribution is 5.99. The Labute approximate surface area is 419 Å². The fraction of sp³-hybridized carbons (Fsp3) is 0.591. The normalized spacial score (nSPS) is 16.7. The summed E-state index contributed by atoms with van der Waals surface area (Å²) in [7, 11) is 0. The Kier molecular flexibility index (Phi) is 25.7. The smallest absolute Gasteiger partial charge is 0.246 e. The predicted molar refractivity (Wildman–Crippen MR) is 254 cm³/mol. The molecule has 1 aromatic carbocycles. The number of carbonyl (C=O) groups excluding carboxylic acids is 12. The van der Waals surface area contributed by atoms with Crippen LogP contribution in [0.4, 0.5) is 0 Å². The highest BCUT2D eigenvalue weighted by Crippen LogP contribution is 2.20. The number of aliphatic hydroxyl groups excluding tert-OH is 3. The Morgan fingerprint density at radius 2 is 1.25 bits per heavy atom. The first kappa shape index (κ1) is 61.6. The number of phenolic OH excluding ortho intramolecular Hbond substituents is 1. The molecular weight excluding hydrogens is 967 g/mol. The van der Waals surface area contributed by atoms with Crippen molar-refractivity contribution in [2.24, 2.45) is 17.2 Å². The van der Waals surface area contributed by atoms with E-state index in [4.69, 9.17) is 17.2 Å². The summed E-state index contributed by atoms with van der Waals surface area (Å²) in [5.74, 6) is -11.3. The number of nitrogens with one attached hydrogen (secondary N) is 9. The third-order valence-electron chi connectivity index (χ3n) is 11.2. The second-order valence-corrected chi connectivity index (χ2v) is 17.2. The molecule has 10 unspecified atom stereocenters. The Balaban J connectivity index is 2.07. The van der Waals surface area contributed by atoms with E-state index in [-0.39, 0.29) is 44.5 Å². The third-order valence-corrected chi connectivity index (χ3v) is 11.2. The van der Waals surface area contributed by atoms with E-state index >= 15 is 0 Å². The van der Waals surface area contributed by atoms with Gasteiger partial charge in [-0.1, -0.05) is 12.1 Å². The zero-order chi connectivity index (χ0) is 55.1. The van der Waals surface area contributed by atoms with E-state index in [1.807, 2.05) is 0 Å². The van der Waals surface area contributed by atoms with Crippen molar-refractivity contribution in [3.8, 4) is 5.75 Å². The number of unbranched alkanes of at least 4 members (excludes halogenated alkanes) is 1. The molecule has 1 saturated heterocycles. The minimum atomic E-state index is -1.76. The monoisotopic (exact) mass is 1040 g/mol. The van der Waals surface area contributed by atoms with Gasteiger partial charge in [0.1, 0.15) is 60.1 Å². The van der Waals surface area contributed by atoms with Crippen LogP contribution < -0.4 is 65.1 Å². The fourth-order valence-corrected chi connectivity index (χ4v) is 7.16. The van der Waals surface area contributed by atoms with Gasteiger partial charge >= 0.3 is 0 Å². The molecule has 73 heavy (non-hydrogen) atoms. The van der Waals surface area contributed by atoms with Crippen molar-refractivity contribution >= 4 is 70.9 Å². The number of nitrogens with zero attached hydrogens (tertiary/aromatic N) is 1. The van der Waals surface area contributed by atoms with Crippen molar-refractivity contribution < 1.29 is 78.0 Å². The molecule has 406 valence electrons. The molecule has 0 spiro atoms. The maximum absolute atomic E-state index is 13.6. The molecule has 1 fully saturated rings. The fourth-order valence-electron chi connectivity index (χ4n) is 7.16. The largest absolute Gasteiger partial charge is 0.508 e. The number of amides is 12. The predicted octanol–water partition coefficient (Wildman–Crippen LogP) is -8.16. The molecule has 0 aromatic heterocycles. The lowest BCUT2D eigenvalue weighted by molar-refractivity contribution is -0.143. The first-order valence-electron chi connectivity index (χ1n) is 23.3. The van der Waals surface area contributed by atoms with Gasteiger partial charge in [0.05, 0.1) is 32.3 Å². The molecule has 2 rings (SSSR count). The van der Waals surface area contributed by atoms with E-state index in [0.29, 0.717) is 18.4 Å². The van der Waals surface area contributed by atoms with Gasteiger partial charge in [0, 0.05) is 19.9 Å². The molecule has 0 saturated carbocycles. The number of likely N-dealkylation sites (tertiary alicyclic amines) is 1. The highest BCUT2D eigenvalue weighted by atomic mass is 16.3. The Bertz CT molecular complexity index is 2150. The maximum atomic E-state index is 13.6. The number of aromatic hydroxyl groups is 1. The lowest BCUT2D eigenvalue weighted by Crippen LogP contribution is -2.61. The van der Waals surface area contributed by atoms with Crippen molar-refractivity contribution in [1.82, 2.24) is 52.8 Å². The summed E-state index contributed by atoms with van der Waals surface area (Å²) in [6, 6.07) is -7.37. The summed E-state index contributed by atoms with van der Waals surface area (Å²) in [5, 5.41) is 60.7. The van der Waals surface area contributed by atoms with E-state index in [1.54, 1.807) is 0 Å². The quantitative estimate of drug-likeness (QED) is 0.0318. The van der Waals surface area contributed by atoms with Crippen LogP contribution in [0.2, 0.25) is 0 Å². The average molecular weight is 1040 g/mol. The van der Waals surface area contributed by atoms with Crippen LogP contribution in [0.15, 0.2) is 24.3 Å². The lowest BCUT2D eigenvalue weighted by Gasteiger charge is -2.29. The Hall–Kier alpha value is -7.50. The molecule has 1 heterocycles. The first-order valence-corrected chi connectivity index (χ1v) is 23.3. The lowest BCUT2D eigenvalue weighted by atomic mass is 10.0. The SMILES string of the molecule is CC(=O)NC(Cc1ccc(O)cc1)C(=O)NC(C(=O)NC(CO)C(=O)NCC(=O)NC(CCCCN)C(=O)NC(C)C(=O)NC(CO)C(=O)NC(CC(N)=O)C(=O)N1CCCC1C(=O)NC(C)C(N)=O)C(C)O. The molecule has 0 radical (unpaired) electrons. The molecule has 0 aliphatic carbocycles. The Morgan fingerprint density at radius 1 is 0.671 bits per heavy atom. The van der Waals surface area contributed by atoms with Crippen LogP contribution in [0.25, 0.3) is 0 Å². The van der Waals surface area contributed by atoms with Gasteiger partial charge in [-0.2, -0.15) is 0 Å². The standard InChI is InChI=1S/C44H69N13O16/c1-21(36(47)65)49-42(71)32-9-7-15-57(32)44(73)29(17-33(46)63)53-41(70)31(20-59)54-37(66)22(2)50-39(68)27(8-5-6-14-45)52-34(64)18-48-38(67)30(19-58)55-43(72)35(23(3)60)56-40(69)28(51-24(4)61)16-25-10-12-26(62)13-11-25/h10-13,21-23,27-32,35,58-60,62H,5-9,14-20,45H2,1-4H3,(H2,46,63)(H2,47,65)(H,48,67)(H,49,71)(H,50,68)(H,51,61)(H,52,64)(H,53,70)(H,54,66)(H,55,72)(H,56,69). The van der Waals surface area contributed by atoms with Crippen molar-refractivity contribution in [2.75, 3.05) is 32.8 Å². The zero-order valence-corrected chi connectivity index (χ0v) is 40.9. The first-order chi connectivity index (χ1) is 34.3. The van der Waals surface area contributed by atoms with E-state index in [0.717, 1.165) is 18.7 Å². The van der Waals surface area contributed by atoms with Gasteiger partial charge in [0.2, 0.25) is 70.9 Å². The van der Waals surface area contributed by atoms with Gasteiger partial charge in [0.25, 0.3) is 0 Å². The minimum Gasteiger partial charge on any atom is -0.508 e. The molecular formula is C44H69N13O16.